The Morgan fingerprint density at radius 2 is 2.25 bits per heavy atom. The van der Waals surface area contributed by atoms with E-state index in [4.69, 9.17) is 14.6 Å². The summed E-state index contributed by atoms with van der Waals surface area (Å²) in [6.45, 7) is 0.359. The standard InChI is InChI=1S/C14H16N2O4/c1-16-7-6-15-13(16)5-8-20-12-4-3-10(19-2)9-11(12)14(17)18/h3-4,6-7,9H,5,8H2,1-2H3,(H,17,18). The van der Waals surface area contributed by atoms with Gasteiger partial charge in [0.1, 0.15) is 22.9 Å². The molecule has 0 saturated heterocycles. The quantitative estimate of drug-likeness (QED) is 0.870. The van der Waals surface area contributed by atoms with Gasteiger partial charge in [0.05, 0.1) is 13.7 Å². The van der Waals surface area contributed by atoms with E-state index in [1.165, 1.54) is 13.2 Å². The van der Waals surface area contributed by atoms with Crippen LogP contribution in [0.1, 0.15) is 16.2 Å². The van der Waals surface area contributed by atoms with Gasteiger partial charge in [-0.2, -0.15) is 0 Å². The Labute approximate surface area is 116 Å². The van der Waals surface area contributed by atoms with Crippen LogP contribution in [-0.2, 0) is 13.5 Å². The van der Waals surface area contributed by atoms with Gasteiger partial charge in [-0.15, -0.1) is 0 Å². The van der Waals surface area contributed by atoms with Crippen LogP contribution in [0.15, 0.2) is 30.6 Å². The summed E-state index contributed by atoms with van der Waals surface area (Å²) in [5, 5.41) is 9.16. The number of aryl methyl sites for hydroxylation is 1. The van der Waals surface area contributed by atoms with Gasteiger partial charge in [0.15, 0.2) is 0 Å². The van der Waals surface area contributed by atoms with Crippen LogP contribution in [0.3, 0.4) is 0 Å². The maximum atomic E-state index is 11.2. The molecule has 0 fully saturated rings. The molecule has 0 radical (unpaired) electrons. The molecular formula is C14H16N2O4. The van der Waals surface area contributed by atoms with Gasteiger partial charge in [0.25, 0.3) is 0 Å². The van der Waals surface area contributed by atoms with E-state index < -0.39 is 5.97 Å². The molecule has 1 aromatic carbocycles. The number of aromatic carboxylic acids is 1. The molecule has 1 heterocycles. The van der Waals surface area contributed by atoms with Crippen LogP contribution in [0.4, 0.5) is 0 Å². The number of hydrogen-bond acceptors (Lipinski definition) is 4. The van der Waals surface area contributed by atoms with E-state index in [2.05, 4.69) is 4.98 Å². The van der Waals surface area contributed by atoms with E-state index in [1.54, 1.807) is 18.3 Å². The molecule has 0 atom stereocenters. The summed E-state index contributed by atoms with van der Waals surface area (Å²) in [6, 6.07) is 4.71. The summed E-state index contributed by atoms with van der Waals surface area (Å²) in [5.74, 6) is 0.651. The second-order valence-electron chi connectivity index (χ2n) is 4.22. The number of ether oxygens (including phenoxy) is 2. The zero-order chi connectivity index (χ0) is 14.5. The van der Waals surface area contributed by atoms with Gasteiger partial charge < -0.3 is 19.1 Å². The molecule has 106 valence electrons. The second-order valence-corrected chi connectivity index (χ2v) is 4.22. The highest BCUT2D eigenvalue weighted by Crippen LogP contribution is 2.24. The van der Waals surface area contributed by atoms with Crippen LogP contribution < -0.4 is 9.47 Å². The first-order chi connectivity index (χ1) is 9.61. The van der Waals surface area contributed by atoms with Crippen LogP contribution in [0, 0.1) is 0 Å². The molecule has 0 aliphatic rings. The van der Waals surface area contributed by atoms with E-state index in [0.717, 1.165) is 5.82 Å². The van der Waals surface area contributed by atoms with Crippen LogP contribution in [0.2, 0.25) is 0 Å². The average Bonchev–Trinajstić information content (AvgIpc) is 2.84. The number of hydrogen-bond donors (Lipinski definition) is 1. The molecule has 0 aliphatic heterocycles. The number of aromatic nitrogens is 2. The van der Waals surface area contributed by atoms with Gasteiger partial charge in [-0.05, 0) is 18.2 Å². The lowest BCUT2D eigenvalue weighted by Gasteiger charge is -2.10. The fourth-order valence-corrected chi connectivity index (χ4v) is 1.82. The molecule has 0 amide bonds. The maximum Gasteiger partial charge on any atom is 0.339 e. The molecule has 6 heteroatoms. The fraction of sp³-hybridized carbons (Fsp3) is 0.286. The van der Waals surface area contributed by atoms with Crippen molar-refractivity contribution in [2.75, 3.05) is 13.7 Å². The third-order valence-electron chi connectivity index (χ3n) is 2.92. The summed E-state index contributed by atoms with van der Waals surface area (Å²) in [5.41, 5.74) is 0.0872. The van der Waals surface area contributed by atoms with Crippen molar-refractivity contribution in [3.63, 3.8) is 0 Å². The molecule has 2 aromatic rings. The Bertz CT molecular complexity index is 607. The van der Waals surface area contributed by atoms with Crippen LogP contribution in [-0.4, -0.2) is 34.3 Å². The zero-order valence-electron chi connectivity index (χ0n) is 11.4. The third-order valence-corrected chi connectivity index (χ3v) is 2.92. The molecule has 6 nitrogen and oxygen atoms in total. The van der Waals surface area contributed by atoms with Crippen molar-refractivity contribution in [2.45, 2.75) is 6.42 Å². The van der Waals surface area contributed by atoms with Crippen LogP contribution in [0.5, 0.6) is 11.5 Å². The molecular weight excluding hydrogens is 260 g/mol. The van der Waals surface area contributed by atoms with E-state index >= 15 is 0 Å². The minimum atomic E-state index is -1.05. The van der Waals surface area contributed by atoms with Crippen molar-refractivity contribution >= 4 is 5.97 Å². The molecule has 1 aromatic heterocycles. The predicted octanol–water partition coefficient (Wildman–Crippen LogP) is 1.75. The third kappa shape index (κ3) is 3.09. The molecule has 0 spiro atoms. The predicted molar refractivity (Wildman–Crippen MR) is 72.4 cm³/mol. The molecule has 0 saturated carbocycles. The van der Waals surface area contributed by atoms with Crippen molar-refractivity contribution in [2.24, 2.45) is 7.05 Å². The molecule has 2 rings (SSSR count). The Morgan fingerprint density at radius 1 is 1.45 bits per heavy atom. The lowest BCUT2D eigenvalue weighted by atomic mass is 10.2. The van der Waals surface area contributed by atoms with Crippen molar-refractivity contribution in [1.82, 2.24) is 9.55 Å². The number of nitrogens with zero attached hydrogens (tertiary/aromatic N) is 2. The number of benzene rings is 1. The molecule has 1 N–H and O–H groups in total. The van der Waals surface area contributed by atoms with Crippen molar-refractivity contribution < 1.29 is 19.4 Å². The fourth-order valence-electron chi connectivity index (χ4n) is 1.82. The first-order valence-electron chi connectivity index (χ1n) is 6.12. The van der Waals surface area contributed by atoms with E-state index in [0.29, 0.717) is 24.5 Å². The largest absolute Gasteiger partial charge is 0.497 e. The smallest absolute Gasteiger partial charge is 0.339 e. The Kier molecular flexibility index (Phi) is 4.24. The molecule has 0 unspecified atom stereocenters. The van der Waals surface area contributed by atoms with Gasteiger partial charge in [0.2, 0.25) is 0 Å². The van der Waals surface area contributed by atoms with Gasteiger partial charge in [-0.1, -0.05) is 0 Å². The lowest BCUT2D eigenvalue weighted by Crippen LogP contribution is -2.09. The first-order valence-corrected chi connectivity index (χ1v) is 6.12. The summed E-state index contributed by atoms with van der Waals surface area (Å²) >= 11 is 0. The van der Waals surface area contributed by atoms with Crippen molar-refractivity contribution in [3.05, 3.63) is 42.0 Å². The monoisotopic (exact) mass is 276 g/mol. The lowest BCUT2D eigenvalue weighted by molar-refractivity contribution is 0.0692. The van der Waals surface area contributed by atoms with E-state index in [9.17, 15) is 4.79 Å². The van der Waals surface area contributed by atoms with Crippen molar-refractivity contribution in [1.29, 1.82) is 0 Å². The average molecular weight is 276 g/mol. The first kappa shape index (κ1) is 13.9. The number of carbonyl (C=O) groups is 1. The number of imidazole rings is 1. The number of carboxylic acid groups (broad SMARTS) is 1. The van der Waals surface area contributed by atoms with Gasteiger partial charge in [0, 0.05) is 25.9 Å². The Hall–Kier alpha value is -2.50. The van der Waals surface area contributed by atoms with Gasteiger partial charge >= 0.3 is 5.97 Å². The topological polar surface area (TPSA) is 73.6 Å². The van der Waals surface area contributed by atoms with E-state index in [-0.39, 0.29) is 5.56 Å². The summed E-state index contributed by atoms with van der Waals surface area (Å²) in [4.78, 5) is 15.4. The van der Waals surface area contributed by atoms with E-state index in [1.807, 2.05) is 17.8 Å². The van der Waals surface area contributed by atoms with Crippen molar-refractivity contribution in [3.8, 4) is 11.5 Å². The highest BCUT2D eigenvalue weighted by Gasteiger charge is 2.13. The minimum absolute atomic E-state index is 0.0872. The maximum absolute atomic E-state index is 11.2. The number of carboxylic acids is 1. The normalized spacial score (nSPS) is 10.3. The SMILES string of the molecule is COc1ccc(OCCc2nccn2C)c(C(=O)O)c1. The Morgan fingerprint density at radius 3 is 2.85 bits per heavy atom. The van der Waals surface area contributed by atoms with Gasteiger partial charge in [-0.3, -0.25) is 0 Å². The minimum Gasteiger partial charge on any atom is -0.497 e. The Balaban J connectivity index is 2.05. The number of rotatable bonds is 6. The molecule has 0 bridgehead atoms. The molecule has 20 heavy (non-hydrogen) atoms. The molecule has 0 aliphatic carbocycles. The van der Waals surface area contributed by atoms with Crippen LogP contribution >= 0.6 is 0 Å². The summed E-state index contributed by atoms with van der Waals surface area (Å²) in [6.07, 6.45) is 4.17. The number of methoxy groups -OCH3 is 1. The zero-order valence-corrected chi connectivity index (χ0v) is 11.4. The summed E-state index contributed by atoms with van der Waals surface area (Å²) in [7, 11) is 3.39. The second kappa shape index (κ2) is 6.10. The van der Waals surface area contributed by atoms with Gasteiger partial charge in [-0.25, -0.2) is 9.78 Å². The summed E-state index contributed by atoms with van der Waals surface area (Å²) < 4.78 is 12.4. The van der Waals surface area contributed by atoms with Crippen LogP contribution in [0.25, 0.3) is 0 Å². The highest BCUT2D eigenvalue weighted by atomic mass is 16.5. The highest BCUT2D eigenvalue weighted by molar-refractivity contribution is 5.91.